The van der Waals surface area contributed by atoms with Crippen LogP contribution in [0.25, 0.3) is 11.0 Å². The Labute approximate surface area is 74.8 Å². The van der Waals surface area contributed by atoms with Crippen molar-refractivity contribution in [3.05, 3.63) is 24.3 Å². The van der Waals surface area contributed by atoms with Gasteiger partial charge in [0, 0.05) is 0 Å². The number of aliphatic hydroxyl groups is 1. The molecule has 5 nitrogen and oxygen atoms in total. The monoisotopic (exact) mass is 178 g/mol. The second-order valence-corrected chi connectivity index (χ2v) is 2.81. The van der Waals surface area contributed by atoms with E-state index >= 15 is 0 Å². The molecule has 2 aromatic rings. The molecule has 0 amide bonds. The normalized spacial score (nSPS) is 13.4. The fourth-order valence-corrected chi connectivity index (χ4v) is 1.15. The van der Waals surface area contributed by atoms with E-state index in [1.54, 1.807) is 0 Å². The molecule has 3 N–H and O–H groups in total. The maximum absolute atomic E-state index is 8.91. The van der Waals surface area contributed by atoms with Crippen LogP contribution in [0.5, 0.6) is 0 Å². The third-order valence-corrected chi connectivity index (χ3v) is 1.68. The molecule has 1 atom stereocenters. The molecule has 0 saturated carbocycles. The zero-order chi connectivity index (χ0) is 9.26. The Hall–Kier alpha value is -1.46. The molecule has 0 spiro atoms. The number of hydrogen-bond acceptors (Lipinski definition) is 4. The maximum Gasteiger partial charge on any atom is 0.124 e. The topological polar surface area (TPSA) is 77.0 Å². The molecule has 0 aliphatic rings. The molecule has 0 fully saturated rings. The number of hydrogen-bond donors (Lipinski definition) is 2. The molecule has 68 valence electrons. The minimum atomic E-state index is -0.915. The van der Waals surface area contributed by atoms with Gasteiger partial charge in [-0.3, -0.25) is 0 Å². The van der Waals surface area contributed by atoms with Gasteiger partial charge in [0.2, 0.25) is 0 Å². The smallest absolute Gasteiger partial charge is 0.124 e. The summed E-state index contributed by atoms with van der Waals surface area (Å²) in [6.45, 7) is 0.217. The number of fused-ring (bicyclic) bond motifs is 1. The zero-order valence-corrected chi connectivity index (χ0v) is 6.96. The second kappa shape index (κ2) is 3.12. The predicted molar refractivity (Wildman–Crippen MR) is 47.7 cm³/mol. The lowest BCUT2D eigenvalue weighted by molar-refractivity contribution is 0.151. The Morgan fingerprint density at radius 3 is 2.31 bits per heavy atom. The van der Waals surface area contributed by atoms with Gasteiger partial charge in [0.25, 0.3) is 0 Å². The van der Waals surface area contributed by atoms with Crippen molar-refractivity contribution in [1.29, 1.82) is 0 Å². The van der Waals surface area contributed by atoms with Crippen molar-refractivity contribution in [3.8, 4) is 0 Å². The fourth-order valence-electron chi connectivity index (χ4n) is 1.15. The molecular formula is C8H10N4O. The first-order valence-corrected chi connectivity index (χ1v) is 3.99. The van der Waals surface area contributed by atoms with Crippen LogP contribution in [-0.4, -0.2) is 26.3 Å². The molecule has 0 aliphatic carbocycles. The SMILES string of the molecule is NC(O)Cn1nc2ccccc2n1. The van der Waals surface area contributed by atoms with Crippen LogP contribution >= 0.6 is 0 Å². The van der Waals surface area contributed by atoms with Crippen molar-refractivity contribution in [3.63, 3.8) is 0 Å². The van der Waals surface area contributed by atoms with Crippen LogP contribution in [0.4, 0.5) is 0 Å². The first-order chi connectivity index (χ1) is 6.25. The summed E-state index contributed by atoms with van der Waals surface area (Å²) in [6.07, 6.45) is -0.915. The first kappa shape index (κ1) is 8.15. The lowest BCUT2D eigenvalue weighted by Crippen LogP contribution is -2.26. The van der Waals surface area contributed by atoms with E-state index in [4.69, 9.17) is 10.8 Å². The van der Waals surface area contributed by atoms with Crippen LogP contribution in [-0.2, 0) is 6.54 Å². The van der Waals surface area contributed by atoms with Crippen LogP contribution in [0.2, 0.25) is 0 Å². The molecular weight excluding hydrogens is 168 g/mol. The molecule has 5 heteroatoms. The molecule has 0 saturated heterocycles. The van der Waals surface area contributed by atoms with Gasteiger partial charge in [-0.2, -0.15) is 15.0 Å². The average molecular weight is 178 g/mol. The van der Waals surface area contributed by atoms with Gasteiger partial charge in [-0.1, -0.05) is 12.1 Å². The minimum absolute atomic E-state index is 0.217. The molecule has 1 aromatic heterocycles. The lowest BCUT2D eigenvalue weighted by atomic mass is 10.3. The molecule has 1 unspecified atom stereocenters. The molecule has 0 bridgehead atoms. The van der Waals surface area contributed by atoms with E-state index < -0.39 is 6.23 Å². The Bertz CT molecular complexity index is 376. The van der Waals surface area contributed by atoms with E-state index in [0.29, 0.717) is 0 Å². The quantitative estimate of drug-likeness (QED) is 0.619. The number of nitrogens with two attached hydrogens (primary N) is 1. The molecule has 13 heavy (non-hydrogen) atoms. The van der Waals surface area contributed by atoms with Crippen LogP contribution in [0.1, 0.15) is 0 Å². The van der Waals surface area contributed by atoms with Crippen molar-refractivity contribution in [1.82, 2.24) is 15.0 Å². The second-order valence-electron chi connectivity index (χ2n) is 2.81. The standard InChI is InChI=1S/C8H10N4O/c9-8(13)5-12-10-6-3-1-2-4-7(6)11-12/h1-4,8,13H,5,9H2. The van der Waals surface area contributed by atoms with Gasteiger partial charge in [-0.25, -0.2) is 0 Å². The number of aromatic nitrogens is 3. The maximum atomic E-state index is 8.91. The van der Waals surface area contributed by atoms with Gasteiger partial charge < -0.3 is 10.8 Å². The highest BCUT2D eigenvalue weighted by molar-refractivity contribution is 5.72. The fraction of sp³-hybridized carbons (Fsp3) is 0.250. The van der Waals surface area contributed by atoms with Crippen LogP contribution in [0.3, 0.4) is 0 Å². The minimum Gasteiger partial charge on any atom is -0.377 e. The summed E-state index contributed by atoms with van der Waals surface area (Å²) in [5, 5.41) is 17.1. The Morgan fingerprint density at radius 1 is 1.31 bits per heavy atom. The van der Waals surface area contributed by atoms with Crippen LogP contribution in [0, 0.1) is 0 Å². The highest BCUT2D eigenvalue weighted by Gasteiger charge is 2.03. The van der Waals surface area contributed by atoms with E-state index in [1.807, 2.05) is 24.3 Å². The summed E-state index contributed by atoms with van der Waals surface area (Å²) in [4.78, 5) is 1.40. The third-order valence-electron chi connectivity index (χ3n) is 1.68. The lowest BCUT2D eigenvalue weighted by Gasteiger charge is -2.00. The molecule has 1 heterocycles. The Kier molecular flexibility index (Phi) is 1.96. The zero-order valence-electron chi connectivity index (χ0n) is 6.96. The van der Waals surface area contributed by atoms with Crippen molar-refractivity contribution in [2.24, 2.45) is 5.73 Å². The predicted octanol–water partition coefficient (Wildman–Crippen LogP) is -0.292. The van der Waals surface area contributed by atoms with E-state index in [2.05, 4.69) is 10.2 Å². The van der Waals surface area contributed by atoms with Gasteiger partial charge in [0.05, 0.1) is 6.54 Å². The Balaban J connectivity index is 2.38. The molecule has 2 rings (SSSR count). The summed E-state index contributed by atoms with van der Waals surface area (Å²) in [5.41, 5.74) is 6.82. The van der Waals surface area contributed by atoms with Gasteiger partial charge in [-0.15, -0.1) is 0 Å². The molecule has 0 radical (unpaired) electrons. The molecule has 0 aliphatic heterocycles. The number of aliphatic hydroxyl groups excluding tert-OH is 1. The van der Waals surface area contributed by atoms with Crippen LogP contribution in [0.15, 0.2) is 24.3 Å². The van der Waals surface area contributed by atoms with Gasteiger partial charge in [0.15, 0.2) is 0 Å². The summed E-state index contributed by atoms with van der Waals surface area (Å²) >= 11 is 0. The first-order valence-electron chi connectivity index (χ1n) is 3.99. The number of rotatable bonds is 2. The highest BCUT2D eigenvalue weighted by atomic mass is 16.3. The Morgan fingerprint density at radius 2 is 1.85 bits per heavy atom. The largest absolute Gasteiger partial charge is 0.377 e. The van der Waals surface area contributed by atoms with E-state index in [9.17, 15) is 0 Å². The summed E-state index contributed by atoms with van der Waals surface area (Å²) < 4.78 is 0. The summed E-state index contributed by atoms with van der Waals surface area (Å²) in [7, 11) is 0. The van der Waals surface area contributed by atoms with E-state index in [0.717, 1.165) is 11.0 Å². The summed E-state index contributed by atoms with van der Waals surface area (Å²) in [5.74, 6) is 0. The third kappa shape index (κ3) is 1.66. The van der Waals surface area contributed by atoms with Crippen molar-refractivity contribution >= 4 is 11.0 Å². The van der Waals surface area contributed by atoms with Gasteiger partial charge >= 0.3 is 0 Å². The number of nitrogens with zero attached hydrogens (tertiary/aromatic N) is 3. The van der Waals surface area contributed by atoms with Gasteiger partial charge in [-0.05, 0) is 12.1 Å². The van der Waals surface area contributed by atoms with Gasteiger partial charge in [0.1, 0.15) is 17.3 Å². The van der Waals surface area contributed by atoms with Crippen molar-refractivity contribution in [2.45, 2.75) is 12.8 Å². The number of benzene rings is 1. The highest BCUT2D eigenvalue weighted by Crippen LogP contribution is 2.06. The van der Waals surface area contributed by atoms with Crippen molar-refractivity contribution < 1.29 is 5.11 Å². The van der Waals surface area contributed by atoms with E-state index in [-0.39, 0.29) is 6.54 Å². The molecule has 1 aromatic carbocycles. The van der Waals surface area contributed by atoms with Crippen LogP contribution < -0.4 is 5.73 Å². The average Bonchev–Trinajstić information content (AvgIpc) is 2.44. The van der Waals surface area contributed by atoms with E-state index in [1.165, 1.54) is 4.80 Å². The summed E-state index contributed by atoms with van der Waals surface area (Å²) in [6, 6.07) is 7.50. The van der Waals surface area contributed by atoms with Crippen molar-refractivity contribution in [2.75, 3.05) is 0 Å².